The Hall–Kier alpha value is -1.83. The molecular weight excluding hydrogens is 164 g/mol. The third-order valence-corrected chi connectivity index (χ3v) is 1.60. The molecular formula is C11H10O2. The molecule has 1 N–H and O–H groups in total. The van der Waals surface area contributed by atoms with Crippen molar-refractivity contribution in [3.8, 4) is 0 Å². The fourth-order valence-corrected chi connectivity index (χ4v) is 1.03. The third kappa shape index (κ3) is 2.30. The number of hydrogen-bond donors (Lipinski definition) is 1. The lowest BCUT2D eigenvalue weighted by Gasteiger charge is -1.99. The van der Waals surface area contributed by atoms with Gasteiger partial charge in [-0.1, -0.05) is 43.0 Å². The number of aliphatic carboxylic acids is 1. The maximum atomic E-state index is 10.8. The van der Waals surface area contributed by atoms with Gasteiger partial charge in [0.2, 0.25) is 0 Å². The molecule has 0 saturated carbocycles. The van der Waals surface area contributed by atoms with Crippen molar-refractivity contribution in [3.05, 3.63) is 54.6 Å². The standard InChI is InChI=1S/C11H10O2/c1-2-6-10(11(12)13)9-7-4-3-5-8-9/h2-8H,1H2,(H,12,13)/b10-6-. The van der Waals surface area contributed by atoms with Crippen LogP contribution in [0.5, 0.6) is 0 Å². The van der Waals surface area contributed by atoms with E-state index in [4.69, 9.17) is 5.11 Å². The van der Waals surface area contributed by atoms with Gasteiger partial charge in [-0.3, -0.25) is 0 Å². The molecule has 1 rings (SSSR count). The van der Waals surface area contributed by atoms with Gasteiger partial charge in [-0.05, 0) is 11.6 Å². The second-order valence-electron chi connectivity index (χ2n) is 2.49. The Balaban J connectivity index is 3.10. The Labute approximate surface area is 76.8 Å². The van der Waals surface area contributed by atoms with Crippen LogP contribution in [0, 0.1) is 0 Å². The first-order chi connectivity index (χ1) is 6.25. The SMILES string of the molecule is C=C/C=C(\C(=O)O)c1ccccc1. The zero-order valence-corrected chi connectivity index (χ0v) is 7.10. The van der Waals surface area contributed by atoms with Crippen molar-refractivity contribution in [3.63, 3.8) is 0 Å². The average molecular weight is 174 g/mol. The van der Waals surface area contributed by atoms with Crippen molar-refractivity contribution in [1.82, 2.24) is 0 Å². The highest BCUT2D eigenvalue weighted by Gasteiger charge is 2.07. The summed E-state index contributed by atoms with van der Waals surface area (Å²) in [7, 11) is 0. The largest absolute Gasteiger partial charge is 0.478 e. The molecule has 0 spiro atoms. The van der Waals surface area contributed by atoms with Crippen LogP contribution in [0.2, 0.25) is 0 Å². The van der Waals surface area contributed by atoms with Gasteiger partial charge in [0.05, 0.1) is 5.57 Å². The maximum Gasteiger partial charge on any atom is 0.336 e. The van der Waals surface area contributed by atoms with Crippen molar-refractivity contribution in [2.24, 2.45) is 0 Å². The average Bonchev–Trinajstić information content (AvgIpc) is 2.15. The quantitative estimate of drug-likeness (QED) is 0.564. The molecule has 0 aromatic heterocycles. The summed E-state index contributed by atoms with van der Waals surface area (Å²) in [6, 6.07) is 8.95. The normalized spacial score (nSPS) is 10.9. The van der Waals surface area contributed by atoms with E-state index in [9.17, 15) is 4.79 Å². The van der Waals surface area contributed by atoms with Crippen molar-refractivity contribution in [2.75, 3.05) is 0 Å². The van der Waals surface area contributed by atoms with Crippen LogP contribution >= 0.6 is 0 Å². The van der Waals surface area contributed by atoms with Gasteiger partial charge in [0.25, 0.3) is 0 Å². The number of carboxylic acid groups (broad SMARTS) is 1. The minimum atomic E-state index is -0.939. The lowest BCUT2D eigenvalue weighted by Crippen LogP contribution is -1.98. The molecule has 0 radical (unpaired) electrons. The van der Waals surface area contributed by atoms with Gasteiger partial charge in [-0.25, -0.2) is 4.79 Å². The Bertz CT molecular complexity index is 336. The molecule has 0 aliphatic heterocycles. The Kier molecular flexibility index (Phi) is 3.03. The summed E-state index contributed by atoms with van der Waals surface area (Å²) < 4.78 is 0. The Morgan fingerprint density at radius 3 is 2.38 bits per heavy atom. The van der Waals surface area contributed by atoms with E-state index >= 15 is 0 Å². The zero-order valence-electron chi connectivity index (χ0n) is 7.10. The van der Waals surface area contributed by atoms with Crippen molar-refractivity contribution < 1.29 is 9.90 Å². The number of rotatable bonds is 3. The van der Waals surface area contributed by atoms with Crippen LogP contribution in [0.1, 0.15) is 5.56 Å². The van der Waals surface area contributed by atoms with E-state index in [0.29, 0.717) is 5.56 Å². The summed E-state index contributed by atoms with van der Waals surface area (Å²) in [5.74, 6) is -0.939. The molecule has 0 unspecified atom stereocenters. The predicted octanol–water partition coefficient (Wildman–Crippen LogP) is 2.34. The van der Waals surface area contributed by atoms with Crippen LogP contribution in [0.15, 0.2) is 49.1 Å². The summed E-state index contributed by atoms with van der Waals surface area (Å²) in [6.45, 7) is 3.47. The van der Waals surface area contributed by atoms with E-state index in [1.165, 1.54) is 12.2 Å². The smallest absolute Gasteiger partial charge is 0.336 e. The predicted molar refractivity (Wildman–Crippen MR) is 52.3 cm³/mol. The zero-order chi connectivity index (χ0) is 9.68. The number of allylic oxidation sites excluding steroid dienone is 2. The van der Waals surface area contributed by atoms with Crippen molar-refractivity contribution >= 4 is 11.5 Å². The fourth-order valence-electron chi connectivity index (χ4n) is 1.03. The van der Waals surface area contributed by atoms with Crippen LogP contribution in [0.25, 0.3) is 5.57 Å². The fraction of sp³-hybridized carbons (Fsp3) is 0. The molecule has 1 aromatic carbocycles. The third-order valence-electron chi connectivity index (χ3n) is 1.60. The molecule has 0 aliphatic rings. The molecule has 2 nitrogen and oxygen atoms in total. The number of hydrogen-bond acceptors (Lipinski definition) is 1. The van der Waals surface area contributed by atoms with E-state index in [2.05, 4.69) is 6.58 Å². The molecule has 66 valence electrons. The van der Waals surface area contributed by atoms with Gasteiger partial charge in [-0.2, -0.15) is 0 Å². The number of carbonyl (C=O) groups is 1. The molecule has 0 saturated heterocycles. The second kappa shape index (κ2) is 4.26. The van der Waals surface area contributed by atoms with Crippen molar-refractivity contribution in [2.45, 2.75) is 0 Å². The first-order valence-electron chi connectivity index (χ1n) is 3.87. The van der Waals surface area contributed by atoms with Crippen LogP contribution in [-0.2, 0) is 4.79 Å². The van der Waals surface area contributed by atoms with Gasteiger partial charge in [-0.15, -0.1) is 0 Å². The van der Waals surface area contributed by atoms with Gasteiger partial charge < -0.3 is 5.11 Å². The molecule has 1 aromatic rings. The highest BCUT2D eigenvalue weighted by Crippen LogP contribution is 2.13. The number of benzene rings is 1. The molecule has 0 atom stereocenters. The summed E-state index contributed by atoms with van der Waals surface area (Å²) in [5.41, 5.74) is 0.950. The summed E-state index contributed by atoms with van der Waals surface area (Å²) >= 11 is 0. The van der Waals surface area contributed by atoms with Crippen LogP contribution in [0.4, 0.5) is 0 Å². The molecule has 13 heavy (non-hydrogen) atoms. The molecule has 0 bridgehead atoms. The summed E-state index contributed by atoms with van der Waals surface area (Å²) in [4.78, 5) is 10.8. The number of carboxylic acids is 1. The molecule has 0 fully saturated rings. The molecule has 2 heteroatoms. The van der Waals surface area contributed by atoms with Crippen LogP contribution in [-0.4, -0.2) is 11.1 Å². The van der Waals surface area contributed by atoms with Gasteiger partial charge in [0, 0.05) is 0 Å². The minimum Gasteiger partial charge on any atom is -0.478 e. The molecule has 0 heterocycles. The lowest BCUT2D eigenvalue weighted by atomic mass is 10.1. The van der Waals surface area contributed by atoms with Gasteiger partial charge in [0.1, 0.15) is 0 Å². The Morgan fingerprint density at radius 1 is 1.31 bits per heavy atom. The van der Waals surface area contributed by atoms with E-state index in [0.717, 1.165) is 0 Å². The summed E-state index contributed by atoms with van der Waals surface area (Å²) in [6.07, 6.45) is 2.95. The van der Waals surface area contributed by atoms with E-state index in [-0.39, 0.29) is 5.57 Å². The monoisotopic (exact) mass is 174 g/mol. The molecule has 0 amide bonds. The highest BCUT2D eigenvalue weighted by atomic mass is 16.4. The topological polar surface area (TPSA) is 37.3 Å². The van der Waals surface area contributed by atoms with Crippen LogP contribution < -0.4 is 0 Å². The van der Waals surface area contributed by atoms with Gasteiger partial charge >= 0.3 is 5.97 Å². The van der Waals surface area contributed by atoms with E-state index < -0.39 is 5.97 Å². The van der Waals surface area contributed by atoms with E-state index in [1.807, 2.05) is 6.07 Å². The minimum absolute atomic E-state index is 0.260. The second-order valence-corrected chi connectivity index (χ2v) is 2.49. The Morgan fingerprint density at radius 2 is 1.92 bits per heavy atom. The first-order valence-corrected chi connectivity index (χ1v) is 3.87. The molecule has 0 aliphatic carbocycles. The first kappa shape index (κ1) is 9.26. The van der Waals surface area contributed by atoms with Gasteiger partial charge in [0.15, 0.2) is 0 Å². The van der Waals surface area contributed by atoms with Crippen molar-refractivity contribution in [1.29, 1.82) is 0 Å². The summed E-state index contributed by atoms with van der Waals surface area (Å²) in [5, 5.41) is 8.84. The van der Waals surface area contributed by atoms with E-state index in [1.54, 1.807) is 24.3 Å². The lowest BCUT2D eigenvalue weighted by molar-refractivity contribution is -0.130. The van der Waals surface area contributed by atoms with Crippen LogP contribution in [0.3, 0.4) is 0 Å². The highest BCUT2D eigenvalue weighted by molar-refractivity contribution is 6.15. The maximum absolute atomic E-state index is 10.8.